The van der Waals surface area contributed by atoms with Gasteiger partial charge < -0.3 is 10.6 Å². The molecule has 6 heteroatoms. The third kappa shape index (κ3) is 4.07. The third-order valence-electron chi connectivity index (χ3n) is 4.34. The van der Waals surface area contributed by atoms with Crippen LogP contribution in [0, 0.1) is 0 Å². The highest BCUT2D eigenvalue weighted by Gasteiger charge is 2.29. The Labute approximate surface area is 166 Å². The quantitative estimate of drug-likeness (QED) is 0.672. The molecule has 4 rings (SSSR count). The van der Waals surface area contributed by atoms with Crippen LogP contribution < -0.4 is 10.6 Å². The molecule has 27 heavy (non-hydrogen) atoms. The van der Waals surface area contributed by atoms with Crippen LogP contribution in [0.2, 0.25) is 0 Å². The normalized spacial score (nSPS) is 16.9. The van der Waals surface area contributed by atoms with E-state index in [-0.39, 0.29) is 24.3 Å². The standard InChI is InChI=1S/C21H18N2O2S2/c24-19(13-18-21(25)22-15-9-4-5-10-16(15)27-18)23-20(17-11-6-12-26-17)14-7-2-1-3-8-14/h1-12,18,20H,13H2,(H,22,25)(H,23,24)/t18-,20+/m1/s1. The van der Waals surface area contributed by atoms with Gasteiger partial charge in [0, 0.05) is 16.2 Å². The molecule has 0 bridgehead atoms. The minimum absolute atomic E-state index is 0.124. The molecule has 2 heterocycles. The highest BCUT2D eigenvalue weighted by molar-refractivity contribution is 8.01. The van der Waals surface area contributed by atoms with Crippen molar-refractivity contribution in [2.75, 3.05) is 5.32 Å². The molecular weight excluding hydrogens is 376 g/mol. The van der Waals surface area contributed by atoms with Gasteiger partial charge in [0.2, 0.25) is 11.8 Å². The van der Waals surface area contributed by atoms with Crippen molar-refractivity contribution in [1.29, 1.82) is 0 Å². The van der Waals surface area contributed by atoms with Crippen molar-refractivity contribution in [2.45, 2.75) is 22.6 Å². The topological polar surface area (TPSA) is 58.2 Å². The van der Waals surface area contributed by atoms with Crippen LogP contribution in [-0.2, 0) is 9.59 Å². The average Bonchev–Trinajstić information content (AvgIpc) is 3.22. The van der Waals surface area contributed by atoms with Crippen LogP contribution in [-0.4, -0.2) is 17.1 Å². The number of hydrogen-bond donors (Lipinski definition) is 2. The molecule has 1 aliphatic rings. The number of thiophene rings is 1. The molecule has 0 unspecified atom stereocenters. The number of fused-ring (bicyclic) bond motifs is 1. The first-order valence-corrected chi connectivity index (χ1v) is 10.4. The summed E-state index contributed by atoms with van der Waals surface area (Å²) in [5.41, 5.74) is 1.84. The summed E-state index contributed by atoms with van der Waals surface area (Å²) in [6.07, 6.45) is 0.138. The smallest absolute Gasteiger partial charge is 0.238 e. The maximum absolute atomic E-state index is 12.7. The zero-order valence-corrected chi connectivity index (χ0v) is 16.1. The van der Waals surface area contributed by atoms with E-state index in [2.05, 4.69) is 10.6 Å². The molecule has 1 aromatic heterocycles. The predicted octanol–water partition coefficient (Wildman–Crippen LogP) is 4.46. The SMILES string of the molecule is O=C(C[C@H]1Sc2ccccc2NC1=O)N[C@@H](c1ccccc1)c1cccs1. The Balaban J connectivity index is 1.48. The zero-order valence-electron chi connectivity index (χ0n) is 14.4. The first-order chi connectivity index (χ1) is 13.2. The van der Waals surface area contributed by atoms with Crippen molar-refractivity contribution in [2.24, 2.45) is 0 Å². The van der Waals surface area contributed by atoms with Crippen molar-refractivity contribution in [1.82, 2.24) is 5.32 Å². The number of carbonyl (C=O) groups excluding carboxylic acids is 2. The molecular formula is C21H18N2O2S2. The van der Waals surface area contributed by atoms with Gasteiger partial charge in [-0.15, -0.1) is 23.1 Å². The van der Waals surface area contributed by atoms with E-state index in [1.807, 2.05) is 72.1 Å². The van der Waals surface area contributed by atoms with Crippen molar-refractivity contribution in [3.8, 4) is 0 Å². The fourth-order valence-electron chi connectivity index (χ4n) is 3.04. The maximum Gasteiger partial charge on any atom is 0.238 e. The summed E-state index contributed by atoms with van der Waals surface area (Å²) in [5.74, 6) is -0.259. The van der Waals surface area contributed by atoms with Gasteiger partial charge in [0.25, 0.3) is 0 Å². The number of benzene rings is 2. The van der Waals surface area contributed by atoms with Gasteiger partial charge in [-0.25, -0.2) is 0 Å². The molecule has 1 aliphatic heterocycles. The molecule has 4 nitrogen and oxygen atoms in total. The van der Waals surface area contributed by atoms with E-state index >= 15 is 0 Å². The number of anilines is 1. The Kier molecular flexibility index (Phi) is 5.27. The van der Waals surface area contributed by atoms with Crippen LogP contribution in [0.4, 0.5) is 5.69 Å². The summed E-state index contributed by atoms with van der Waals surface area (Å²) in [4.78, 5) is 27.2. The van der Waals surface area contributed by atoms with Crippen LogP contribution in [0.15, 0.2) is 77.0 Å². The van der Waals surface area contributed by atoms with Gasteiger partial charge in [0.05, 0.1) is 17.0 Å². The molecule has 136 valence electrons. The van der Waals surface area contributed by atoms with E-state index in [0.29, 0.717) is 0 Å². The minimum Gasteiger partial charge on any atom is -0.344 e. The lowest BCUT2D eigenvalue weighted by Crippen LogP contribution is -2.36. The van der Waals surface area contributed by atoms with Gasteiger partial charge in [0.15, 0.2) is 0 Å². The van der Waals surface area contributed by atoms with Crippen molar-refractivity contribution < 1.29 is 9.59 Å². The first kappa shape index (κ1) is 17.8. The minimum atomic E-state index is -0.431. The van der Waals surface area contributed by atoms with E-state index in [4.69, 9.17) is 0 Å². The fourth-order valence-corrected chi connectivity index (χ4v) is 4.95. The number of hydrogen-bond acceptors (Lipinski definition) is 4. The fraction of sp³-hybridized carbons (Fsp3) is 0.143. The van der Waals surface area contributed by atoms with Crippen molar-refractivity contribution in [3.05, 3.63) is 82.6 Å². The highest BCUT2D eigenvalue weighted by atomic mass is 32.2. The Bertz CT molecular complexity index is 942. The molecule has 0 radical (unpaired) electrons. The van der Waals surface area contributed by atoms with E-state index in [1.165, 1.54) is 11.8 Å². The molecule has 0 aliphatic carbocycles. The van der Waals surface area contributed by atoms with Crippen LogP contribution in [0.25, 0.3) is 0 Å². The molecule has 0 saturated heterocycles. The van der Waals surface area contributed by atoms with Crippen molar-refractivity contribution >= 4 is 40.6 Å². The lowest BCUT2D eigenvalue weighted by Gasteiger charge is -2.24. The number of para-hydroxylation sites is 1. The summed E-state index contributed by atoms with van der Waals surface area (Å²) in [7, 11) is 0. The molecule has 0 spiro atoms. The number of thioether (sulfide) groups is 1. The second kappa shape index (κ2) is 7.98. The zero-order chi connectivity index (χ0) is 18.6. The van der Waals surface area contributed by atoms with E-state index in [1.54, 1.807) is 11.3 Å². The largest absolute Gasteiger partial charge is 0.344 e. The lowest BCUT2D eigenvalue weighted by molar-refractivity contribution is -0.124. The Morgan fingerprint density at radius 3 is 2.59 bits per heavy atom. The second-order valence-electron chi connectivity index (χ2n) is 6.22. The maximum atomic E-state index is 12.7. The number of rotatable bonds is 5. The van der Waals surface area contributed by atoms with Crippen LogP contribution in [0.5, 0.6) is 0 Å². The first-order valence-electron chi connectivity index (χ1n) is 8.65. The lowest BCUT2D eigenvalue weighted by atomic mass is 10.0. The van der Waals surface area contributed by atoms with Gasteiger partial charge in [-0.2, -0.15) is 0 Å². The molecule has 2 aromatic carbocycles. The third-order valence-corrected chi connectivity index (χ3v) is 6.56. The average molecular weight is 395 g/mol. The van der Waals surface area contributed by atoms with Crippen LogP contribution in [0.3, 0.4) is 0 Å². The van der Waals surface area contributed by atoms with Crippen LogP contribution in [0.1, 0.15) is 22.9 Å². The van der Waals surface area contributed by atoms with Crippen molar-refractivity contribution in [3.63, 3.8) is 0 Å². The summed E-state index contributed by atoms with van der Waals surface area (Å²) in [6.45, 7) is 0. The van der Waals surface area contributed by atoms with Gasteiger partial charge in [-0.1, -0.05) is 48.5 Å². The summed E-state index contributed by atoms with van der Waals surface area (Å²) in [6, 6.07) is 21.3. The predicted molar refractivity (Wildman–Crippen MR) is 110 cm³/mol. The molecule has 3 aromatic rings. The summed E-state index contributed by atoms with van der Waals surface area (Å²) >= 11 is 3.05. The Morgan fingerprint density at radius 1 is 1.04 bits per heavy atom. The van der Waals surface area contributed by atoms with Gasteiger partial charge in [-0.05, 0) is 29.1 Å². The second-order valence-corrected chi connectivity index (χ2v) is 8.45. The molecule has 2 amide bonds. The van der Waals surface area contributed by atoms with Gasteiger partial charge in [-0.3, -0.25) is 9.59 Å². The Morgan fingerprint density at radius 2 is 1.81 bits per heavy atom. The van der Waals surface area contributed by atoms with Gasteiger partial charge in [0.1, 0.15) is 0 Å². The van der Waals surface area contributed by atoms with E-state index < -0.39 is 5.25 Å². The van der Waals surface area contributed by atoms with Gasteiger partial charge >= 0.3 is 0 Å². The number of amides is 2. The number of carbonyl (C=O) groups is 2. The Hall–Kier alpha value is -2.57. The molecule has 2 N–H and O–H groups in total. The van der Waals surface area contributed by atoms with E-state index in [9.17, 15) is 9.59 Å². The summed E-state index contributed by atoms with van der Waals surface area (Å²) < 4.78 is 0. The monoisotopic (exact) mass is 394 g/mol. The molecule has 0 saturated carbocycles. The number of nitrogens with one attached hydrogen (secondary N) is 2. The molecule has 0 fully saturated rings. The molecule has 2 atom stereocenters. The summed E-state index contributed by atoms with van der Waals surface area (Å²) in [5, 5.41) is 7.56. The van der Waals surface area contributed by atoms with E-state index in [0.717, 1.165) is 21.0 Å². The van der Waals surface area contributed by atoms with Crippen LogP contribution >= 0.6 is 23.1 Å². The highest BCUT2D eigenvalue weighted by Crippen LogP contribution is 2.36.